The van der Waals surface area contributed by atoms with Gasteiger partial charge in [0.25, 0.3) is 0 Å². The monoisotopic (exact) mass is 253 g/mol. The summed E-state index contributed by atoms with van der Waals surface area (Å²) in [6.07, 6.45) is 4.65. The molecule has 0 bridgehead atoms. The molecule has 4 heteroatoms. The number of Topliss-reactive ketones (excluding diaryl/α,β-unsaturated/α-hetero) is 1. The predicted octanol–water partition coefficient (Wildman–Crippen LogP) is 3.07. The van der Waals surface area contributed by atoms with Crippen LogP contribution in [0.3, 0.4) is 0 Å². The summed E-state index contributed by atoms with van der Waals surface area (Å²) >= 11 is 0. The first kappa shape index (κ1) is 13.1. The van der Waals surface area contributed by atoms with Crippen LogP contribution in [0.25, 0.3) is 0 Å². The highest BCUT2D eigenvalue weighted by molar-refractivity contribution is 5.96. The summed E-state index contributed by atoms with van der Waals surface area (Å²) in [6, 6.07) is 3.11. The molecule has 0 spiro atoms. The molecule has 1 aromatic rings. The molecule has 1 atom stereocenters. The van der Waals surface area contributed by atoms with Crippen molar-refractivity contribution in [2.24, 2.45) is 0 Å². The topological polar surface area (TPSA) is 29.1 Å². The van der Waals surface area contributed by atoms with Gasteiger partial charge in [-0.05, 0) is 31.5 Å². The molecule has 1 saturated heterocycles. The lowest BCUT2D eigenvalue weighted by molar-refractivity contribution is 0.0967. The fourth-order valence-electron chi connectivity index (χ4n) is 2.33. The highest BCUT2D eigenvalue weighted by Crippen LogP contribution is 2.15. The average molecular weight is 253 g/mol. The molecule has 18 heavy (non-hydrogen) atoms. The first-order valence-electron chi connectivity index (χ1n) is 6.38. The van der Waals surface area contributed by atoms with E-state index in [1.807, 2.05) is 0 Å². The van der Waals surface area contributed by atoms with E-state index in [0.717, 1.165) is 44.0 Å². The van der Waals surface area contributed by atoms with Gasteiger partial charge in [-0.3, -0.25) is 4.79 Å². The summed E-state index contributed by atoms with van der Waals surface area (Å²) in [7, 11) is 0. The maximum atomic E-state index is 13.0. The summed E-state index contributed by atoms with van der Waals surface area (Å²) in [5.74, 6) is -1.60. The number of benzene rings is 1. The highest BCUT2D eigenvalue weighted by Gasteiger charge is 2.17. The Morgan fingerprint density at radius 2 is 1.89 bits per heavy atom. The molecular weight excluding hydrogens is 236 g/mol. The van der Waals surface area contributed by atoms with Gasteiger partial charge in [0.1, 0.15) is 11.6 Å². The Balaban J connectivity index is 2.01. The lowest BCUT2D eigenvalue weighted by Crippen LogP contribution is -2.30. The van der Waals surface area contributed by atoms with Gasteiger partial charge < -0.3 is 5.32 Å². The van der Waals surface area contributed by atoms with Crippen molar-refractivity contribution in [3.05, 3.63) is 35.4 Å². The minimum absolute atomic E-state index is 0.124. The van der Waals surface area contributed by atoms with Crippen molar-refractivity contribution >= 4 is 5.78 Å². The van der Waals surface area contributed by atoms with Crippen molar-refractivity contribution in [1.82, 2.24) is 5.32 Å². The summed E-state index contributed by atoms with van der Waals surface area (Å²) in [6.45, 7) is 0.912. The Morgan fingerprint density at radius 1 is 1.17 bits per heavy atom. The largest absolute Gasteiger partial charge is 0.314 e. The number of carbonyl (C=O) groups excluding carboxylic acids is 1. The maximum absolute atomic E-state index is 13.0. The van der Waals surface area contributed by atoms with Crippen LogP contribution >= 0.6 is 0 Å². The number of carbonyl (C=O) groups is 1. The van der Waals surface area contributed by atoms with Crippen LogP contribution in [0.1, 0.15) is 42.5 Å². The summed E-state index contributed by atoms with van der Waals surface area (Å²) in [4.78, 5) is 12.0. The summed E-state index contributed by atoms with van der Waals surface area (Å²) < 4.78 is 26.0. The summed E-state index contributed by atoms with van der Waals surface area (Å²) in [5.41, 5.74) is 0.124. The molecule has 1 aromatic carbocycles. The molecule has 1 unspecified atom stereocenters. The van der Waals surface area contributed by atoms with E-state index in [0.29, 0.717) is 6.42 Å². The van der Waals surface area contributed by atoms with E-state index in [9.17, 15) is 13.6 Å². The van der Waals surface area contributed by atoms with Crippen LogP contribution < -0.4 is 5.32 Å². The third-order valence-electron chi connectivity index (χ3n) is 3.28. The Morgan fingerprint density at radius 3 is 2.61 bits per heavy atom. The van der Waals surface area contributed by atoms with Gasteiger partial charge >= 0.3 is 0 Å². The number of halogens is 2. The van der Waals surface area contributed by atoms with Gasteiger partial charge in [0, 0.05) is 24.1 Å². The van der Waals surface area contributed by atoms with Crippen LogP contribution in [0.5, 0.6) is 0 Å². The molecule has 1 aliphatic rings. The molecule has 98 valence electrons. The lowest BCUT2D eigenvalue weighted by Gasteiger charge is -2.14. The van der Waals surface area contributed by atoms with E-state index < -0.39 is 11.6 Å². The number of hydrogen-bond acceptors (Lipinski definition) is 2. The Bertz CT molecular complexity index is 406. The van der Waals surface area contributed by atoms with Gasteiger partial charge in [0.05, 0.1) is 0 Å². The second kappa shape index (κ2) is 6.05. The molecule has 0 radical (unpaired) electrons. The third kappa shape index (κ3) is 3.60. The molecule has 1 N–H and O–H groups in total. The molecule has 0 amide bonds. The van der Waals surface area contributed by atoms with Crippen LogP contribution in [0.4, 0.5) is 8.78 Å². The Hall–Kier alpha value is -1.29. The zero-order chi connectivity index (χ0) is 13.0. The van der Waals surface area contributed by atoms with Crippen LogP contribution in [-0.2, 0) is 0 Å². The van der Waals surface area contributed by atoms with Crippen molar-refractivity contribution < 1.29 is 13.6 Å². The molecular formula is C14H17F2NO. The molecule has 2 nitrogen and oxygen atoms in total. The lowest BCUT2D eigenvalue weighted by atomic mass is 10.0. The first-order chi connectivity index (χ1) is 8.65. The van der Waals surface area contributed by atoms with E-state index in [1.54, 1.807) is 0 Å². The molecule has 2 rings (SSSR count). The minimum atomic E-state index is -0.702. The molecule has 0 saturated carbocycles. The van der Waals surface area contributed by atoms with E-state index in [-0.39, 0.29) is 17.4 Å². The average Bonchev–Trinajstić information content (AvgIpc) is 2.56. The molecule has 0 aromatic heterocycles. The zero-order valence-corrected chi connectivity index (χ0v) is 10.2. The fourth-order valence-corrected chi connectivity index (χ4v) is 2.33. The van der Waals surface area contributed by atoms with Crippen molar-refractivity contribution in [2.45, 2.75) is 38.1 Å². The van der Waals surface area contributed by atoms with Gasteiger partial charge in [0.2, 0.25) is 0 Å². The van der Waals surface area contributed by atoms with Gasteiger partial charge in [0.15, 0.2) is 5.78 Å². The predicted molar refractivity (Wildman–Crippen MR) is 65.6 cm³/mol. The van der Waals surface area contributed by atoms with Gasteiger partial charge in [-0.2, -0.15) is 0 Å². The van der Waals surface area contributed by atoms with Crippen LogP contribution in [0.2, 0.25) is 0 Å². The van der Waals surface area contributed by atoms with Crippen molar-refractivity contribution in [3.63, 3.8) is 0 Å². The molecule has 0 aliphatic carbocycles. The number of ketones is 1. The minimum Gasteiger partial charge on any atom is -0.314 e. The quantitative estimate of drug-likeness (QED) is 0.839. The van der Waals surface area contributed by atoms with E-state index >= 15 is 0 Å². The SMILES string of the molecule is O=C(CC1CCCCCN1)c1cc(F)cc(F)c1. The van der Waals surface area contributed by atoms with E-state index in [1.165, 1.54) is 6.42 Å². The smallest absolute Gasteiger partial charge is 0.164 e. The fraction of sp³-hybridized carbons (Fsp3) is 0.500. The van der Waals surface area contributed by atoms with Crippen molar-refractivity contribution in [1.29, 1.82) is 0 Å². The first-order valence-corrected chi connectivity index (χ1v) is 6.38. The maximum Gasteiger partial charge on any atom is 0.164 e. The third-order valence-corrected chi connectivity index (χ3v) is 3.28. The van der Waals surface area contributed by atoms with Gasteiger partial charge in [-0.25, -0.2) is 8.78 Å². The van der Waals surface area contributed by atoms with Crippen molar-refractivity contribution in [2.75, 3.05) is 6.54 Å². The molecule has 1 fully saturated rings. The van der Waals surface area contributed by atoms with Gasteiger partial charge in [-0.1, -0.05) is 12.8 Å². The Kier molecular flexibility index (Phi) is 4.42. The normalized spacial score (nSPS) is 20.4. The summed E-state index contributed by atoms with van der Waals surface area (Å²) in [5, 5.41) is 3.30. The highest BCUT2D eigenvalue weighted by atomic mass is 19.1. The van der Waals surface area contributed by atoms with Crippen molar-refractivity contribution in [3.8, 4) is 0 Å². The van der Waals surface area contributed by atoms with Crippen LogP contribution in [0, 0.1) is 11.6 Å². The van der Waals surface area contributed by atoms with Crippen LogP contribution in [-0.4, -0.2) is 18.4 Å². The number of nitrogens with one attached hydrogen (secondary N) is 1. The molecule has 1 aliphatic heterocycles. The number of rotatable bonds is 3. The van der Waals surface area contributed by atoms with Gasteiger partial charge in [-0.15, -0.1) is 0 Å². The second-order valence-corrected chi connectivity index (χ2v) is 4.79. The van der Waals surface area contributed by atoms with Crippen LogP contribution in [0.15, 0.2) is 18.2 Å². The molecule has 1 heterocycles. The zero-order valence-electron chi connectivity index (χ0n) is 10.2. The number of hydrogen-bond donors (Lipinski definition) is 1. The standard InChI is InChI=1S/C14H17F2NO/c15-11-6-10(7-12(16)8-11)14(18)9-13-4-2-1-3-5-17-13/h6-8,13,17H,1-5,9H2. The Labute approximate surface area is 105 Å². The van der Waals surface area contributed by atoms with E-state index in [4.69, 9.17) is 0 Å². The van der Waals surface area contributed by atoms with E-state index in [2.05, 4.69) is 5.32 Å². The second-order valence-electron chi connectivity index (χ2n) is 4.79.